The Morgan fingerprint density at radius 1 is 0.320 bits per heavy atom. The molecular formula is C48H33NS. The smallest absolute Gasteiger partial charge is 0.0633 e. The topological polar surface area (TPSA) is 3.24 Å². The lowest BCUT2D eigenvalue weighted by Crippen LogP contribution is -2.13. The summed E-state index contributed by atoms with van der Waals surface area (Å²) < 4.78 is 2.55. The number of hydrogen-bond acceptors (Lipinski definition) is 2. The average Bonchev–Trinajstić information content (AvgIpc) is 3.59. The van der Waals surface area contributed by atoms with Crippen LogP contribution in [0, 0.1) is 0 Å². The molecular weight excluding hydrogens is 623 g/mol. The Bertz CT molecular complexity index is 2570. The molecule has 0 saturated carbocycles. The molecule has 1 nitrogen and oxygen atoms in total. The van der Waals surface area contributed by atoms with Gasteiger partial charge in [-0.2, -0.15) is 0 Å². The Balaban J connectivity index is 1.39. The van der Waals surface area contributed by atoms with Crippen molar-refractivity contribution in [3.63, 3.8) is 0 Å². The van der Waals surface area contributed by atoms with E-state index in [1.807, 2.05) is 11.3 Å². The van der Waals surface area contributed by atoms with Crippen LogP contribution in [0.25, 0.3) is 64.7 Å². The summed E-state index contributed by atoms with van der Waals surface area (Å²) in [5.41, 5.74) is 13.0. The van der Waals surface area contributed by atoms with Gasteiger partial charge < -0.3 is 4.90 Å². The zero-order valence-corrected chi connectivity index (χ0v) is 28.2. The predicted octanol–water partition coefficient (Wildman–Crippen LogP) is 14.2. The van der Waals surface area contributed by atoms with Gasteiger partial charge in [0.2, 0.25) is 0 Å². The molecule has 236 valence electrons. The van der Waals surface area contributed by atoms with Crippen LogP contribution in [0.1, 0.15) is 0 Å². The van der Waals surface area contributed by atoms with Crippen molar-refractivity contribution < 1.29 is 0 Å². The van der Waals surface area contributed by atoms with Crippen LogP contribution in [0.4, 0.5) is 17.1 Å². The van der Waals surface area contributed by atoms with Crippen LogP contribution in [0.15, 0.2) is 200 Å². The average molecular weight is 656 g/mol. The maximum atomic E-state index is 2.51. The predicted molar refractivity (Wildman–Crippen MR) is 216 cm³/mol. The standard InChI is InChI=1S/C48H33NS/c1-4-16-34(17-5-1)35-28-30-38(31-29-35)49(44-26-14-12-23-40(44)37-20-8-3-9-21-37)48-42(32-33-46-47(48)43-25-13-15-27-45(43)50-46)41-24-11-10-22-39(41)36-18-6-2-7-19-36/h1-33H. The first-order valence-electron chi connectivity index (χ1n) is 17.0. The minimum absolute atomic E-state index is 1.11. The highest BCUT2D eigenvalue weighted by atomic mass is 32.1. The van der Waals surface area contributed by atoms with Gasteiger partial charge in [-0.1, -0.05) is 170 Å². The molecule has 0 N–H and O–H groups in total. The van der Waals surface area contributed by atoms with Crippen LogP contribution in [-0.4, -0.2) is 0 Å². The molecule has 0 spiro atoms. The van der Waals surface area contributed by atoms with Gasteiger partial charge in [0, 0.05) is 37.0 Å². The van der Waals surface area contributed by atoms with E-state index < -0.39 is 0 Å². The quantitative estimate of drug-likeness (QED) is 0.165. The lowest BCUT2D eigenvalue weighted by atomic mass is 9.91. The summed E-state index contributed by atoms with van der Waals surface area (Å²) in [6, 6.07) is 72.4. The number of rotatable bonds is 7. The number of fused-ring (bicyclic) bond motifs is 3. The summed E-state index contributed by atoms with van der Waals surface area (Å²) in [5, 5.41) is 2.53. The van der Waals surface area contributed by atoms with Crippen LogP contribution in [0.3, 0.4) is 0 Å². The first-order valence-corrected chi connectivity index (χ1v) is 17.8. The second-order valence-corrected chi connectivity index (χ2v) is 13.6. The number of benzene rings is 8. The molecule has 1 aromatic heterocycles. The van der Waals surface area contributed by atoms with E-state index in [1.165, 1.54) is 70.4 Å². The molecule has 2 heteroatoms. The molecule has 50 heavy (non-hydrogen) atoms. The van der Waals surface area contributed by atoms with Gasteiger partial charge in [-0.15, -0.1) is 11.3 Å². The van der Waals surface area contributed by atoms with Crippen molar-refractivity contribution in [3.8, 4) is 44.5 Å². The monoisotopic (exact) mass is 655 g/mol. The normalized spacial score (nSPS) is 11.2. The highest BCUT2D eigenvalue weighted by Gasteiger charge is 2.26. The van der Waals surface area contributed by atoms with E-state index in [1.54, 1.807) is 0 Å². The summed E-state index contributed by atoms with van der Waals surface area (Å²) in [4.78, 5) is 2.51. The second kappa shape index (κ2) is 13.0. The van der Waals surface area contributed by atoms with Crippen molar-refractivity contribution in [2.75, 3.05) is 4.90 Å². The van der Waals surface area contributed by atoms with Crippen LogP contribution in [0.2, 0.25) is 0 Å². The maximum absolute atomic E-state index is 2.51. The van der Waals surface area contributed by atoms with E-state index in [0.29, 0.717) is 0 Å². The number of nitrogens with zero attached hydrogens (tertiary/aromatic N) is 1. The molecule has 8 aromatic carbocycles. The first kappa shape index (κ1) is 29.9. The third kappa shape index (κ3) is 5.37. The van der Waals surface area contributed by atoms with Gasteiger partial charge in [-0.05, 0) is 63.7 Å². The summed E-state index contributed by atoms with van der Waals surface area (Å²) >= 11 is 1.86. The third-order valence-electron chi connectivity index (χ3n) is 9.50. The van der Waals surface area contributed by atoms with Gasteiger partial charge >= 0.3 is 0 Å². The van der Waals surface area contributed by atoms with Crippen molar-refractivity contribution in [3.05, 3.63) is 200 Å². The highest BCUT2D eigenvalue weighted by molar-refractivity contribution is 7.26. The van der Waals surface area contributed by atoms with Gasteiger partial charge in [0.05, 0.1) is 11.4 Å². The number of thiophene rings is 1. The van der Waals surface area contributed by atoms with E-state index in [4.69, 9.17) is 0 Å². The Morgan fingerprint density at radius 3 is 1.54 bits per heavy atom. The van der Waals surface area contributed by atoms with Crippen molar-refractivity contribution in [1.29, 1.82) is 0 Å². The number of hydrogen-bond donors (Lipinski definition) is 0. The van der Waals surface area contributed by atoms with Crippen LogP contribution in [0.5, 0.6) is 0 Å². The molecule has 0 aliphatic carbocycles. The molecule has 0 radical (unpaired) electrons. The van der Waals surface area contributed by atoms with Gasteiger partial charge in [0.25, 0.3) is 0 Å². The Hall–Kier alpha value is -6.22. The van der Waals surface area contributed by atoms with E-state index in [0.717, 1.165) is 11.4 Å². The minimum Gasteiger partial charge on any atom is -0.309 e. The molecule has 0 unspecified atom stereocenters. The molecule has 0 atom stereocenters. The molecule has 9 aromatic rings. The van der Waals surface area contributed by atoms with Crippen LogP contribution >= 0.6 is 11.3 Å². The first-order chi connectivity index (χ1) is 24.8. The number of anilines is 3. The zero-order valence-electron chi connectivity index (χ0n) is 27.4. The Labute approximate surface area is 297 Å². The fourth-order valence-electron chi connectivity index (χ4n) is 7.19. The molecule has 0 bridgehead atoms. The second-order valence-electron chi connectivity index (χ2n) is 12.5. The summed E-state index contributed by atoms with van der Waals surface area (Å²) in [5.74, 6) is 0. The van der Waals surface area contributed by atoms with Crippen molar-refractivity contribution in [2.24, 2.45) is 0 Å². The Kier molecular flexibility index (Phi) is 7.77. The minimum atomic E-state index is 1.11. The molecule has 0 amide bonds. The lowest BCUT2D eigenvalue weighted by molar-refractivity contribution is 1.30. The maximum Gasteiger partial charge on any atom is 0.0633 e. The molecule has 0 saturated heterocycles. The van der Waals surface area contributed by atoms with Gasteiger partial charge in [0.15, 0.2) is 0 Å². The zero-order chi connectivity index (χ0) is 33.3. The Morgan fingerprint density at radius 2 is 0.840 bits per heavy atom. The molecule has 0 aliphatic rings. The molecule has 9 rings (SSSR count). The van der Waals surface area contributed by atoms with Crippen molar-refractivity contribution in [1.82, 2.24) is 0 Å². The molecule has 0 fully saturated rings. The summed E-state index contributed by atoms with van der Waals surface area (Å²) in [6.45, 7) is 0. The fourth-order valence-corrected chi connectivity index (χ4v) is 8.30. The lowest BCUT2D eigenvalue weighted by Gasteiger charge is -2.31. The van der Waals surface area contributed by atoms with Crippen LogP contribution in [-0.2, 0) is 0 Å². The fraction of sp³-hybridized carbons (Fsp3) is 0. The van der Waals surface area contributed by atoms with Crippen molar-refractivity contribution in [2.45, 2.75) is 0 Å². The van der Waals surface area contributed by atoms with Gasteiger partial charge in [-0.25, -0.2) is 0 Å². The van der Waals surface area contributed by atoms with Gasteiger partial charge in [0.1, 0.15) is 0 Å². The largest absolute Gasteiger partial charge is 0.309 e. The van der Waals surface area contributed by atoms with E-state index in [9.17, 15) is 0 Å². The van der Waals surface area contributed by atoms with Gasteiger partial charge in [-0.3, -0.25) is 0 Å². The van der Waals surface area contributed by atoms with Crippen molar-refractivity contribution >= 4 is 48.6 Å². The molecule has 0 aliphatic heterocycles. The van der Waals surface area contributed by atoms with E-state index >= 15 is 0 Å². The van der Waals surface area contributed by atoms with E-state index in [2.05, 4.69) is 205 Å². The van der Waals surface area contributed by atoms with Crippen LogP contribution < -0.4 is 4.90 Å². The molecule has 1 heterocycles. The summed E-state index contributed by atoms with van der Waals surface area (Å²) in [6.07, 6.45) is 0. The number of para-hydroxylation sites is 1. The highest BCUT2D eigenvalue weighted by Crippen LogP contribution is 2.52. The summed E-state index contributed by atoms with van der Waals surface area (Å²) in [7, 11) is 0. The SMILES string of the molecule is c1ccc(-c2ccc(N(c3ccccc3-c3ccccc3)c3c(-c4ccccc4-c4ccccc4)ccc4sc5ccccc5c34)cc2)cc1. The third-order valence-corrected chi connectivity index (χ3v) is 10.6. The van der Waals surface area contributed by atoms with E-state index in [-0.39, 0.29) is 0 Å².